The van der Waals surface area contributed by atoms with Gasteiger partial charge in [0.1, 0.15) is 5.75 Å². The van der Waals surface area contributed by atoms with Crippen LogP contribution in [0.2, 0.25) is 5.02 Å². The molecule has 4 rings (SSSR count). The number of rotatable bonds is 6. The highest BCUT2D eigenvalue weighted by Crippen LogP contribution is 2.32. The molecule has 1 aromatic heterocycles. The summed E-state index contributed by atoms with van der Waals surface area (Å²) in [6, 6.07) is 16.3. The largest absolute Gasteiger partial charge is 0.489 e. The monoisotopic (exact) mass is 499 g/mol. The number of para-hydroxylation sites is 1. The molecular formula is C26H21ClF3N3O2. The molecule has 0 radical (unpaired) electrons. The number of alkyl halides is 3. The summed E-state index contributed by atoms with van der Waals surface area (Å²) in [5.74, 6) is 0.506. The molecule has 0 aliphatic carbocycles. The third-order valence-corrected chi connectivity index (χ3v) is 5.68. The lowest BCUT2D eigenvalue weighted by atomic mass is 10.1. The summed E-state index contributed by atoms with van der Waals surface area (Å²) in [6.07, 6.45) is -2.34. The minimum Gasteiger partial charge on any atom is -0.489 e. The van der Waals surface area contributed by atoms with Gasteiger partial charge in [0.25, 0.3) is 5.56 Å². The second-order valence-electron chi connectivity index (χ2n) is 7.92. The molecule has 0 fully saturated rings. The van der Waals surface area contributed by atoms with E-state index in [-0.39, 0.29) is 22.9 Å². The molecule has 1 heterocycles. The fourth-order valence-electron chi connectivity index (χ4n) is 3.37. The van der Waals surface area contributed by atoms with Crippen molar-refractivity contribution in [2.75, 3.05) is 0 Å². The Morgan fingerprint density at radius 2 is 1.89 bits per heavy atom. The number of hydrogen-bond acceptors (Lipinski definition) is 4. The van der Waals surface area contributed by atoms with Gasteiger partial charge in [-0.25, -0.2) is 4.98 Å². The van der Waals surface area contributed by atoms with E-state index in [4.69, 9.17) is 16.3 Å². The average molecular weight is 500 g/mol. The highest BCUT2D eigenvalue weighted by atomic mass is 35.5. The molecule has 4 aromatic rings. The van der Waals surface area contributed by atoms with Crippen molar-refractivity contribution in [1.82, 2.24) is 9.66 Å². The van der Waals surface area contributed by atoms with Gasteiger partial charge in [-0.2, -0.15) is 22.9 Å². The maximum Gasteiger partial charge on any atom is 0.416 e. The molecule has 0 amide bonds. The summed E-state index contributed by atoms with van der Waals surface area (Å²) in [5, 5.41) is 4.94. The number of aromatic nitrogens is 2. The van der Waals surface area contributed by atoms with E-state index in [0.29, 0.717) is 21.9 Å². The van der Waals surface area contributed by atoms with E-state index in [9.17, 15) is 18.0 Å². The lowest BCUT2D eigenvalue weighted by Crippen LogP contribution is -2.20. The molecule has 0 spiro atoms. The maximum absolute atomic E-state index is 13.3. The van der Waals surface area contributed by atoms with Crippen molar-refractivity contribution in [1.29, 1.82) is 0 Å². The van der Waals surface area contributed by atoms with E-state index < -0.39 is 17.3 Å². The van der Waals surface area contributed by atoms with Crippen LogP contribution in [0.15, 0.2) is 76.6 Å². The predicted octanol–water partition coefficient (Wildman–Crippen LogP) is 6.80. The Bertz CT molecular complexity index is 1460. The molecule has 0 N–H and O–H groups in total. The highest BCUT2D eigenvalue weighted by Gasteiger charge is 2.31. The van der Waals surface area contributed by atoms with Gasteiger partial charge in [-0.15, -0.1) is 0 Å². The summed E-state index contributed by atoms with van der Waals surface area (Å²) in [5.41, 5.74) is -0.332. The first-order valence-corrected chi connectivity index (χ1v) is 11.2. The Balaban J connectivity index is 1.82. The van der Waals surface area contributed by atoms with Crippen LogP contribution in [0.1, 0.15) is 31.4 Å². The zero-order valence-electron chi connectivity index (χ0n) is 18.9. The molecule has 35 heavy (non-hydrogen) atoms. The van der Waals surface area contributed by atoms with Crippen LogP contribution in [0, 0.1) is 0 Å². The Kier molecular flexibility index (Phi) is 6.93. The molecule has 0 saturated carbocycles. The lowest BCUT2D eigenvalue weighted by molar-refractivity contribution is -0.137. The number of hydrogen-bond donors (Lipinski definition) is 0. The van der Waals surface area contributed by atoms with E-state index in [1.54, 1.807) is 42.5 Å². The smallest absolute Gasteiger partial charge is 0.416 e. The van der Waals surface area contributed by atoms with Gasteiger partial charge in [-0.3, -0.25) is 4.79 Å². The molecule has 3 aromatic carbocycles. The van der Waals surface area contributed by atoms with Crippen LogP contribution in [-0.2, 0) is 6.18 Å². The third kappa shape index (κ3) is 5.38. The van der Waals surface area contributed by atoms with Crippen LogP contribution in [-0.4, -0.2) is 22.0 Å². The second kappa shape index (κ2) is 9.92. The van der Waals surface area contributed by atoms with Crippen molar-refractivity contribution in [2.24, 2.45) is 5.10 Å². The van der Waals surface area contributed by atoms with E-state index in [0.717, 1.165) is 23.2 Å². The van der Waals surface area contributed by atoms with Crippen LogP contribution in [0.25, 0.3) is 22.3 Å². The summed E-state index contributed by atoms with van der Waals surface area (Å²) in [4.78, 5) is 17.7. The predicted molar refractivity (Wildman–Crippen MR) is 131 cm³/mol. The van der Waals surface area contributed by atoms with E-state index in [1.807, 2.05) is 13.8 Å². The Morgan fingerprint density at radius 1 is 1.11 bits per heavy atom. The molecule has 0 aliphatic heterocycles. The lowest BCUT2D eigenvalue weighted by Gasteiger charge is -2.14. The fourth-order valence-corrected chi connectivity index (χ4v) is 3.60. The van der Waals surface area contributed by atoms with Gasteiger partial charge in [0.15, 0.2) is 5.82 Å². The molecule has 0 bridgehead atoms. The number of fused-ring (bicyclic) bond motifs is 1. The average Bonchev–Trinajstić information content (AvgIpc) is 2.84. The zero-order valence-corrected chi connectivity index (χ0v) is 19.6. The minimum atomic E-state index is -4.54. The van der Waals surface area contributed by atoms with Gasteiger partial charge in [-0.05, 0) is 61.4 Å². The van der Waals surface area contributed by atoms with Crippen molar-refractivity contribution in [3.63, 3.8) is 0 Å². The van der Waals surface area contributed by atoms with Crippen LogP contribution in [0.5, 0.6) is 5.75 Å². The number of ether oxygens (including phenoxy) is 1. The minimum absolute atomic E-state index is 0.00992. The molecule has 0 aliphatic rings. The van der Waals surface area contributed by atoms with Crippen molar-refractivity contribution in [2.45, 2.75) is 32.5 Å². The van der Waals surface area contributed by atoms with E-state index >= 15 is 0 Å². The third-order valence-electron chi connectivity index (χ3n) is 5.38. The topological polar surface area (TPSA) is 56.5 Å². The van der Waals surface area contributed by atoms with Crippen LogP contribution in [0.4, 0.5) is 13.2 Å². The number of benzene rings is 3. The van der Waals surface area contributed by atoms with Crippen LogP contribution in [0.3, 0.4) is 0 Å². The number of nitrogens with zero attached hydrogens (tertiary/aromatic N) is 3. The van der Waals surface area contributed by atoms with Gasteiger partial charge >= 0.3 is 6.18 Å². The van der Waals surface area contributed by atoms with Crippen LogP contribution < -0.4 is 10.3 Å². The SMILES string of the molecule is CC[C@H](C)Oc1ccc(C=Nn2c(-c3cccc(C(F)(F)F)c3)nc3ccccc3c2=O)cc1Cl. The molecule has 0 saturated heterocycles. The van der Waals surface area contributed by atoms with E-state index in [1.165, 1.54) is 18.3 Å². The quantitative estimate of drug-likeness (QED) is 0.274. The summed E-state index contributed by atoms with van der Waals surface area (Å²) < 4.78 is 46.7. The summed E-state index contributed by atoms with van der Waals surface area (Å²) in [6.45, 7) is 3.93. The van der Waals surface area contributed by atoms with Crippen LogP contribution >= 0.6 is 11.6 Å². The molecule has 180 valence electrons. The Labute approximate surface area is 204 Å². The molecule has 1 atom stereocenters. The molecule has 5 nitrogen and oxygen atoms in total. The van der Waals surface area contributed by atoms with Gasteiger partial charge < -0.3 is 4.74 Å². The van der Waals surface area contributed by atoms with Crippen molar-refractivity contribution in [3.05, 3.63) is 93.2 Å². The van der Waals surface area contributed by atoms with Gasteiger partial charge in [-0.1, -0.05) is 42.8 Å². The fraction of sp³-hybridized carbons (Fsp3) is 0.192. The normalized spacial score (nSPS) is 12.9. The summed E-state index contributed by atoms with van der Waals surface area (Å²) in [7, 11) is 0. The molecule has 0 unspecified atom stereocenters. The molecular weight excluding hydrogens is 479 g/mol. The number of halogens is 4. The second-order valence-corrected chi connectivity index (χ2v) is 8.33. The van der Waals surface area contributed by atoms with Gasteiger partial charge in [0, 0.05) is 5.56 Å². The van der Waals surface area contributed by atoms with Crippen molar-refractivity contribution < 1.29 is 17.9 Å². The Morgan fingerprint density at radius 3 is 2.60 bits per heavy atom. The summed E-state index contributed by atoms with van der Waals surface area (Å²) >= 11 is 6.33. The molecule has 9 heteroatoms. The van der Waals surface area contributed by atoms with Gasteiger partial charge in [0.05, 0.1) is 33.8 Å². The van der Waals surface area contributed by atoms with Crippen molar-refractivity contribution in [3.8, 4) is 17.1 Å². The first-order valence-electron chi connectivity index (χ1n) is 10.9. The van der Waals surface area contributed by atoms with Gasteiger partial charge in [0.2, 0.25) is 0 Å². The first kappa shape index (κ1) is 24.5. The standard InChI is InChI=1S/C26H21ClF3N3O2/c1-3-16(2)35-23-12-11-17(13-21(23)27)15-31-33-24(18-7-6-8-19(14-18)26(28,29)30)32-22-10-5-4-9-20(22)25(33)34/h4-16H,3H2,1-2H3/t16-/m0/s1. The first-order chi connectivity index (χ1) is 16.7. The zero-order chi connectivity index (χ0) is 25.2. The van der Waals surface area contributed by atoms with Crippen molar-refractivity contribution >= 4 is 28.7 Å². The Hall–Kier alpha value is -3.65. The van der Waals surface area contributed by atoms with E-state index in [2.05, 4.69) is 10.1 Å². The highest BCUT2D eigenvalue weighted by molar-refractivity contribution is 6.32. The maximum atomic E-state index is 13.3.